The average molecular weight is 225 g/mol. The van der Waals surface area contributed by atoms with Gasteiger partial charge in [-0.3, -0.25) is 0 Å². The Morgan fingerprint density at radius 2 is 1.87 bits per heavy atom. The minimum Gasteiger partial charge on any atom is -0.314 e. The molecule has 15 heavy (non-hydrogen) atoms. The lowest BCUT2D eigenvalue weighted by molar-refractivity contribution is 0.495. The molecule has 1 aliphatic rings. The second-order valence-corrected chi connectivity index (χ2v) is 6.30. The molecule has 0 aliphatic carbocycles. The maximum atomic E-state index is 12.0. The first kappa shape index (κ1) is 10.6. The molecule has 1 N–H and O–H groups in total. The van der Waals surface area contributed by atoms with Crippen LogP contribution in [0.3, 0.4) is 0 Å². The number of sulfone groups is 1. The lowest BCUT2D eigenvalue weighted by Crippen LogP contribution is -2.51. The van der Waals surface area contributed by atoms with E-state index in [9.17, 15) is 8.42 Å². The Labute approximate surface area is 90.4 Å². The van der Waals surface area contributed by atoms with Gasteiger partial charge >= 0.3 is 0 Å². The highest BCUT2D eigenvalue weighted by Crippen LogP contribution is 2.21. The van der Waals surface area contributed by atoms with Crippen molar-refractivity contribution in [1.82, 2.24) is 5.32 Å². The van der Waals surface area contributed by atoms with Gasteiger partial charge in [-0.1, -0.05) is 6.07 Å². The van der Waals surface area contributed by atoms with Gasteiger partial charge in [0.2, 0.25) is 0 Å². The SMILES string of the molecule is Cc1ccc(S(=O)(=O)C2CNC2)cc1C. The molecular weight excluding hydrogens is 210 g/mol. The van der Waals surface area contributed by atoms with Gasteiger partial charge in [0, 0.05) is 13.1 Å². The third-order valence-corrected chi connectivity index (χ3v) is 5.11. The molecule has 1 aromatic rings. The van der Waals surface area contributed by atoms with Crippen LogP contribution in [0.1, 0.15) is 11.1 Å². The Balaban J connectivity index is 2.40. The summed E-state index contributed by atoms with van der Waals surface area (Å²) in [6, 6.07) is 5.34. The summed E-state index contributed by atoms with van der Waals surface area (Å²) in [6.07, 6.45) is 0. The Morgan fingerprint density at radius 1 is 1.20 bits per heavy atom. The van der Waals surface area contributed by atoms with Gasteiger partial charge in [0.1, 0.15) is 0 Å². The van der Waals surface area contributed by atoms with Crippen LogP contribution in [0.2, 0.25) is 0 Å². The second kappa shape index (κ2) is 3.61. The molecule has 0 radical (unpaired) electrons. The number of hydrogen-bond donors (Lipinski definition) is 1. The summed E-state index contributed by atoms with van der Waals surface area (Å²) in [5.41, 5.74) is 2.16. The summed E-state index contributed by atoms with van der Waals surface area (Å²) in [5.74, 6) is 0. The van der Waals surface area contributed by atoms with Crippen molar-refractivity contribution in [2.75, 3.05) is 13.1 Å². The van der Waals surface area contributed by atoms with Crippen molar-refractivity contribution in [3.63, 3.8) is 0 Å². The summed E-state index contributed by atoms with van der Waals surface area (Å²) in [6.45, 7) is 5.08. The summed E-state index contributed by atoms with van der Waals surface area (Å²) in [5, 5.41) is 2.75. The fourth-order valence-electron chi connectivity index (χ4n) is 1.56. The molecule has 0 aromatic heterocycles. The van der Waals surface area contributed by atoms with Gasteiger partial charge in [0.25, 0.3) is 0 Å². The Kier molecular flexibility index (Phi) is 2.56. The van der Waals surface area contributed by atoms with Gasteiger partial charge in [-0.15, -0.1) is 0 Å². The zero-order valence-corrected chi connectivity index (χ0v) is 9.76. The van der Waals surface area contributed by atoms with E-state index in [4.69, 9.17) is 0 Å². The topological polar surface area (TPSA) is 46.2 Å². The molecule has 1 heterocycles. The second-order valence-electron chi connectivity index (χ2n) is 4.07. The molecule has 0 saturated carbocycles. The molecule has 0 spiro atoms. The van der Waals surface area contributed by atoms with Crippen molar-refractivity contribution >= 4 is 9.84 Å². The summed E-state index contributed by atoms with van der Waals surface area (Å²) in [4.78, 5) is 0.456. The fraction of sp³-hybridized carbons (Fsp3) is 0.455. The van der Waals surface area contributed by atoms with Crippen molar-refractivity contribution in [2.45, 2.75) is 24.0 Å². The normalized spacial score (nSPS) is 17.5. The standard InChI is InChI=1S/C11H15NO2S/c1-8-3-4-10(5-9(8)2)15(13,14)11-6-12-7-11/h3-5,11-12H,6-7H2,1-2H3. The summed E-state index contributed by atoms with van der Waals surface area (Å²) < 4.78 is 24.1. The van der Waals surface area contributed by atoms with Crippen molar-refractivity contribution in [1.29, 1.82) is 0 Å². The summed E-state index contributed by atoms with van der Waals surface area (Å²) >= 11 is 0. The van der Waals surface area contributed by atoms with Gasteiger partial charge in [-0.25, -0.2) is 8.42 Å². The molecule has 1 aromatic carbocycles. The first-order chi connectivity index (χ1) is 7.01. The van der Waals surface area contributed by atoms with Crippen LogP contribution in [0, 0.1) is 13.8 Å². The Hall–Kier alpha value is -0.870. The third kappa shape index (κ3) is 1.79. The van der Waals surface area contributed by atoms with Crippen LogP contribution in [0.25, 0.3) is 0 Å². The highest BCUT2D eigenvalue weighted by molar-refractivity contribution is 7.92. The van der Waals surface area contributed by atoms with Crippen molar-refractivity contribution in [2.24, 2.45) is 0 Å². The number of benzene rings is 1. The van der Waals surface area contributed by atoms with Gasteiger partial charge < -0.3 is 5.32 Å². The van der Waals surface area contributed by atoms with Crippen LogP contribution in [0.5, 0.6) is 0 Å². The lowest BCUT2D eigenvalue weighted by atomic mass is 10.1. The molecule has 4 heteroatoms. The Bertz CT molecular complexity index is 475. The van der Waals surface area contributed by atoms with Crippen LogP contribution in [0.15, 0.2) is 23.1 Å². The van der Waals surface area contributed by atoms with Crippen molar-refractivity contribution < 1.29 is 8.42 Å². The maximum Gasteiger partial charge on any atom is 0.183 e. The van der Waals surface area contributed by atoms with E-state index in [0.29, 0.717) is 18.0 Å². The van der Waals surface area contributed by atoms with Crippen LogP contribution in [-0.2, 0) is 9.84 Å². The van der Waals surface area contributed by atoms with E-state index in [-0.39, 0.29) is 5.25 Å². The van der Waals surface area contributed by atoms with Gasteiger partial charge in [-0.2, -0.15) is 0 Å². The third-order valence-electron chi connectivity index (χ3n) is 2.99. The molecule has 0 bridgehead atoms. The predicted octanol–water partition coefficient (Wildman–Crippen LogP) is 1.05. The number of nitrogens with one attached hydrogen (secondary N) is 1. The van der Waals surface area contributed by atoms with Crippen LogP contribution < -0.4 is 5.32 Å². The highest BCUT2D eigenvalue weighted by Gasteiger charge is 2.32. The van der Waals surface area contributed by atoms with Crippen molar-refractivity contribution in [3.8, 4) is 0 Å². The average Bonchev–Trinajstić information content (AvgIpc) is 2.05. The largest absolute Gasteiger partial charge is 0.314 e. The number of rotatable bonds is 2. The van der Waals surface area contributed by atoms with E-state index in [1.54, 1.807) is 12.1 Å². The quantitative estimate of drug-likeness (QED) is 0.818. The fourth-order valence-corrected chi connectivity index (χ4v) is 3.22. The zero-order chi connectivity index (χ0) is 11.1. The van der Waals surface area contributed by atoms with Gasteiger partial charge in [-0.05, 0) is 37.1 Å². The number of hydrogen-bond acceptors (Lipinski definition) is 3. The molecule has 1 saturated heterocycles. The molecule has 1 fully saturated rings. The van der Waals surface area contributed by atoms with Crippen LogP contribution in [0.4, 0.5) is 0 Å². The van der Waals surface area contributed by atoms with Crippen LogP contribution >= 0.6 is 0 Å². The summed E-state index contributed by atoms with van der Waals surface area (Å²) in [7, 11) is -3.10. The molecule has 0 amide bonds. The van der Waals surface area contributed by atoms with E-state index in [0.717, 1.165) is 11.1 Å². The lowest BCUT2D eigenvalue weighted by Gasteiger charge is -2.26. The van der Waals surface area contributed by atoms with E-state index in [1.807, 2.05) is 19.9 Å². The van der Waals surface area contributed by atoms with E-state index >= 15 is 0 Å². The smallest absolute Gasteiger partial charge is 0.183 e. The Morgan fingerprint density at radius 3 is 2.33 bits per heavy atom. The minimum atomic E-state index is -3.10. The minimum absolute atomic E-state index is 0.236. The molecule has 0 unspecified atom stereocenters. The van der Waals surface area contributed by atoms with E-state index in [1.165, 1.54) is 0 Å². The molecule has 3 nitrogen and oxygen atoms in total. The highest BCUT2D eigenvalue weighted by atomic mass is 32.2. The van der Waals surface area contributed by atoms with E-state index in [2.05, 4.69) is 5.32 Å². The molecule has 82 valence electrons. The van der Waals surface area contributed by atoms with Crippen LogP contribution in [-0.4, -0.2) is 26.8 Å². The molecule has 2 rings (SSSR count). The predicted molar refractivity (Wildman–Crippen MR) is 59.8 cm³/mol. The molecular formula is C11H15NO2S. The number of aryl methyl sites for hydroxylation is 2. The van der Waals surface area contributed by atoms with Gasteiger partial charge in [0.15, 0.2) is 9.84 Å². The monoisotopic (exact) mass is 225 g/mol. The zero-order valence-electron chi connectivity index (χ0n) is 8.95. The van der Waals surface area contributed by atoms with E-state index < -0.39 is 9.84 Å². The molecule has 1 aliphatic heterocycles. The van der Waals surface area contributed by atoms with Gasteiger partial charge in [0.05, 0.1) is 10.1 Å². The first-order valence-electron chi connectivity index (χ1n) is 5.03. The first-order valence-corrected chi connectivity index (χ1v) is 6.58. The molecule has 0 atom stereocenters. The van der Waals surface area contributed by atoms with Crippen molar-refractivity contribution in [3.05, 3.63) is 29.3 Å². The maximum absolute atomic E-state index is 12.0.